The third kappa shape index (κ3) is 2.27. The molecule has 0 aliphatic rings. The largest absolute Gasteiger partial charge is 0.435 e. The van der Waals surface area contributed by atoms with Gasteiger partial charge in [-0.3, -0.25) is 0 Å². The van der Waals surface area contributed by atoms with Crippen molar-refractivity contribution in [3.8, 4) is 17.0 Å². The Morgan fingerprint density at radius 1 is 1.24 bits per heavy atom. The SMILES string of the molecule is Nc1c(-c2ccc(OC(F)F)cc2)ncn1N. The van der Waals surface area contributed by atoms with Crippen LogP contribution in [-0.4, -0.2) is 16.3 Å². The minimum absolute atomic E-state index is 0.0782. The first-order chi connectivity index (χ1) is 8.08. The monoisotopic (exact) mass is 240 g/mol. The lowest BCUT2D eigenvalue weighted by atomic mass is 10.1. The lowest BCUT2D eigenvalue weighted by Crippen LogP contribution is -2.09. The third-order valence-electron chi connectivity index (χ3n) is 2.18. The highest BCUT2D eigenvalue weighted by Crippen LogP contribution is 2.25. The lowest BCUT2D eigenvalue weighted by Gasteiger charge is -2.05. The molecule has 0 saturated carbocycles. The number of imidazole rings is 1. The molecule has 0 spiro atoms. The van der Waals surface area contributed by atoms with Crippen LogP contribution < -0.4 is 16.3 Å². The number of rotatable bonds is 3. The van der Waals surface area contributed by atoms with Crippen molar-refractivity contribution < 1.29 is 13.5 Å². The van der Waals surface area contributed by atoms with Gasteiger partial charge in [0.15, 0.2) is 0 Å². The van der Waals surface area contributed by atoms with Gasteiger partial charge in [-0.05, 0) is 24.3 Å². The summed E-state index contributed by atoms with van der Waals surface area (Å²) in [6.45, 7) is -2.84. The molecule has 0 aliphatic carbocycles. The molecular formula is C10H10F2N4O. The number of hydrogen-bond donors (Lipinski definition) is 2. The minimum Gasteiger partial charge on any atom is -0.435 e. The highest BCUT2D eigenvalue weighted by Gasteiger charge is 2.09. The Morgan fingerprint density at radius 2 is 1.88 bits per heavy atom. The van der Waals surface area contributed by atoms with Crippen LogP contribution in [0.2, 0.25) is 0 Å². The van der Waals surface area contributed by atoms with Crippen LogP contribution in [0.25, 0.3) is 11.3 Å². The van der Waals surface area contributed by atoms with Crippen molar-refractivity contribution in [1.29, 1.82) is 0 Å². The standard InChI is InChI=1S/C10H10F2N4O/c11-10(12)17-7-3-1-6(2-4-7)8-9(13)16(14)5-15-8/h1-5,10H,13-14H2. The van der Waals surface area contributed by atoms with Gasteiger partial charge in [0.2, 0.25) is 0 Å². The average molecular weight is 240 g/mol. The molecule has 0 atom stereocenters. The molecule has 2 aromatic rings. The molecule has 0 bridgehead atoms. The number of ether oxygens (including phenoxy) is 1. The molecule has 1 aromatic heterocycles. The van der Waals surface area contributed by atoms with E-state index in [1.165, 1.54) is 23.1 Å². The molecule has 0 saturated heterocycles. The van der Waals surface area contributed by atoms with E-state index in [4.69, 9.17) is 11.6 Å². The number of halogens is 2. The van der Waals surface area contributed by atoms with Crippen molar-refractivity contribution in [2.45, 2.75) is 6.61 Å². The van der Waals surface area contributed by atoms with Gasteiger partial charge in [0, 0.05) is 5.56 Å². The minimum atomic E-state index is -2.84. The quantitative estimate of drug-likeness (QED) is 0.796. The van der Waals surface area contributed by atoms with Crippen LogP contribution in [0.1, 0.15) is 0 Å². The summed E-state index contributed by atoms with van der Waals surface area (Å²) in [4.78, 5) is 4.00. The molecule has 4 N–H and O–H groups in total. The Kier molecular flexibility index (Phi) is 2.82. The van der Waals surface area contributed by atoms with Gasteiger partial charge in [-0.25, -0.2) is 9.66 Å². The molecule has 5 nitrogen and oxygen atoms in total. The Morgan fingerprint density at radius 3 is 2.35 bits per heavy atom. The van der Waals surface area contributed by atoms with Gasteiger partial charge in [0.25, 0.3) is 0 Å². The number of alkyl halides is 2. The van der Waals surface area contributed by atoms with Crippen LogP contribution >= 0.6 is 0 Å². The van der Waals surface area contributed by atoms with Crippen LogP contribution in [0.4, 0.5) is 14.6 Å². The molecule has 1 heterocycles. The van der Waals surface area contributed by atoms with E-state index in [1.54, 1.807) is 12.1 Å². The van der Waals surface area contributed by atoms with E-state index in [9.17, 15) is 8.78 Å². The van der Waals surface area contributed by atoms with Crippen molar-refractivity contribution in [3.05, 3.63) is 30.6 Å². The summed E-state index contributed by atoms with van der Waals surface area (Å²) >= 11 is 0. The maximum atomic E-state index is 11.9. The van der Waals surface area contributed by atoms with Crippen molar-refractivity contribution >= 4 is 5.82 Å². The second-order valence-corrected chi connectivity index (χ2v) is 3.29. The zero-order valence-electron chi connectivity index (χ0n) is 8.68. The van der Waals surface area contributed by atoms with Crippen LogP contribution in [-0.2, 0) is 0 Å². The second-order valence-electron chi connectivity index (χ2n) is 3.29. The number of nitrogen functional groups attached to an aromatic ring is 2. The summed E-state index contributed by atoms with van der Waals surface area (Å²) in [5.74, 6) is 5.86. The molecular weight excluding hydrogens is 230 g/mol. The lowest BCUT2D eigenvalue weighted by molar-refractivity contribution is -0.0498. The number of nitrogens with zero attached hydrogens (tertiary/aromatic N) is 2. The van der Waals surface area contributed by atoms with Gasteiger partial charge >= 0.3 is 6.61 Å². The first kappa shape index (κ1) is 11.2. The molecule has 0 aliphatic heterocycles. The third-order valence-corrected chi connectivity index (χ3v) is 2.18. The average Bonchev–Trinajstić information content (AvgIpc) is 2.60. The molecule has 7 heteroatoms. The molecule has 2 rings (SSSR count). The van der Waals surface area contributed by atoms with E-state index < -0.39 is 6.61 Å². The molecule has 90 valence electrons. The summed E-state index contributed by atoms with van der Waals surface area (Å²) in [5.41, 5.74) is 6.85. The molecule has 0 fully saturated rings. The Bertz CT molecular complexity index is 510. The maximum Gasteiger partial charge on any atom is 0.387 e. The van der Waals surface area contributed by atoms with Crippen LogP contribution in [0.5, 0.6) is 5.75 Å². The first-order valence-electron chi connectivity index (χ1n) is 4.71. The molecule has 1 aromatic carbocycles. The topological polar surface area (TPSA) is 79.1 Å². The molecule has 17 heavy (non-hydrogen) atoms. The van der Waals surface area contributed by atoms with E-state index in [0.29, 0.717) is 17.1 Å². The van der Waals surface area contributed by atoms with Gasteiger partial charge in [-0.2, -0.15) is 8.78 Å². The summed E-state index contributed by atoms with van der Waals surface area (Å²) in [6, 6.07) is 5.99. The second kappa shape index (κ2) is 4.28. The Hall–Kier alpha value is -2.31. The maximum absolute atomic E-state index is 11.9. The van der Waals surface area contributed by atoms with E-state index in [0.717, 1.165) is 0 Å². The van der Waals surface area contributed by atoms with Gasteiger partial charge in [0.05, 0.1) is 0 Å². The molecule has 0 unspecified atom stereocenters. The Labute approximate surface area is 95.6 Å². The summed E-state index contributed by atoms with van der Waals surface area (Å²) < 4.78 is 29.3. The number of aromatic nitrogens is 2. The van der Waals surface area contributed by atoms with E-state index >= 15 is 0 Å². The number of nitrogens with two attached hydrogens (primary N) is 2. The van der Waals surface area contributed by atoms with Gasteiger partial charge < -0.3 is 16.3 Å². The predicted octanol–water partition coefficient (Wildman–Crippen LogP) is 1.45. The van der Waals surface area contributed by atoms with Gasteiger partial charge in [-0.15, -0.1) is 0 Å². The highest BCUT2D eigenvalue weighted by atomic mass is 19.3. The molecule has 0 radical (unpaired) electrons. The van der Waals surface area contributed by atoms with Crippen LogP contribution in [0.3, 0.4) is 0 Å². The highest BCUT2D eigenvalue weighted by molar-refractivity contribution is 5.70. The fourth-order valence-corrected chi connectivity index (χ4v) is 1.39. The fraction of sp³-hybridized carbons (Fsp3) is 0.100. The van der Waals surface area contributed by atoms with E-state index in [2.05, 4.69) is 9.72 Å². The smallest absolute Gasteiger partial charge is 0.387 e. The zero-order chi connectivity index (χ0) is 12.4. The normalized spacial score (nSPS) is 10.8. The molecule has 0 amide bonds. The van der Waals surface area contributed by atoms with Crippen LogP contribution in [0, 0.1) is 0 Å². The number of hydrogen-bond acceptors (Lipinski definition) is 4. The summed E-state index contributed by atoms with van der Waals surface area (Å²) in [6.07, 6.45) is 1.37. The van der Waals surface area contributed by atoms with Crippen LogP contribution in [0.15, 0.2) is 30.6 Å². The summed E-state index contributed by atoms with van der Waals surface area (Å²) in [7, 11) is 0. The van der Waals surface area contributed by atoms with E-state index in [-0.39, 0.29) is 5.75 Å². The number of anilines is 1. The number of benzene rings is 1. The summed E-state index contributed by atoms with van der Waals surface area (Å²) in [5, 5.41) is 0. The zero-order valence-corrected chi connectivity index (χ0v) is 8.68. The predicted molar refractivity (Wildman–Crippen MR) is 58.9 cm³/mol. The van der Waals surface area contributed by atoms with Crippen molar-refractivity contribution in [3.63, 3.8) is 0 Å². The fourth-order valence-electron chi connectivity index (χ4n) is 1.39. The van der Waals surface area contributed by atoms with Crippen molar-refractivity contribution in [2.24, 2.45) is 0 Å². The van der Waals surface area contributed by atoms with E-state index in [1.807, 2.05) is 0 Å². The van der Waals surface area contributed by atoms with Crippen molar-refractivity contribution in [2.75, 3.05) is 11.6 Å². The first-order valence-corrected chi connectivity index (χ1v) is 4.71. The Balaban J connectivity index is 2.26. The van der Waals surface area contributed by atoms with Crippen molar-refractivity contribution in [1.82, 2.24) is 9.66 Å². The van der Waals surface area contributed by atoms with Gasteiger partial charge in [0.1, 0.15) is 23.6 Å². The van der Waals surface area contributed by atoms with Gasteiger partial charge in [-0.1, -0.05) is 0 Å².